The van der Waals surface area contributed by atoms with Crippen molar-refractivity contribution in [3.63, 3.8) is 0 Å². The molecule has 0 saturated heterocycles. The lowest BCUT2D eigenvalue weighted by Gasteiger charge is -2.10. The van der Waals surface area contributed by atoms with Gasteiger partial charge in [0.2, 0.25) is 0 Å². The summed E-state index contributed by atoms with van der Waals surface area (Å²) in [5.74, 6) is 0. The van der Waals surface area contributed by atoms with Crippen LogP contribution in [0.25, 0.3) is 116 Å². The van der Waals surface area contributed by atoms with Gasteiger partial charge in [0.15, 0.2) is 0 Å². The first kappa shape index (κ1) is 25.5. The van der Waals surface area contributed by atoms with E-state index in [1.165, 1.54) is 54.9 Å². The van der Waals surface area contributed by atoms with Gasteiger partial charge in [0.05, 0.1) is 11.0 Å². The summed E-state index contributed by atoms with van der Waals surface area (Å²) < 4.78 is 15.2. The molecule has 11 aromatic rings. The van der Waals surface area contributed by atoms with Crippen LogP contribution in [-0.4, -0.2) is 4.57 Å². The Bertz CT molecular complexity index is 3190. The van der Waals surface area contributed by atoms with Crippen LogP contribution in [0.15, 0.2) is 160 Å². The van der Waals surface area contributed by atoms with Gasteiger partial charge >= 0.3 is 0 Å². The zero-order valence-corrected chi connectivity index (χ0v) is 26.2. The summed E-state index contributed by atoms with van der Waals surface area (Å²) in [5, 5.41) is 9.54. The summed E-state index contributed by atoms with van der Waals surface area (Å²) in [6.07, 6.45) is 0. The number of furan rings is 2. The van der Waals surface area contributed by atoms with Crippen LogP contribution < -0.4 is 0 Å². The summed E-state index contributed by atoms with van der Waals surface area (Å²) in [6.45, 7) is 0. The van der Waals surface area contributed by atoms with Crippen molar-refractivity contribution in [3.05, 3.63) is 152 Å². The Labute approximate surface area is 279 Å². The minimum Gasteiger partial charge on any atom is -0.456 e. The first-order valence-electron chi connectivity index (χ1n) is 16.8. The predicted molar refractivity (Wildman–Crippen MR) is 203 cm³/mol. The molecule has 49 heavy (non-hydrogen) atoms. The minimum absolute atomic E-state index is 0.882. The molecule has 0 bridgehead atoms. The number of benzene rings is 8. The molecule has 0 unspecified atom stereocenters. The molecule has 1 aliphatic carbocycles. The van der Waals surface area contributed by atoms with Gasteiger partial charge in [0, 0.05) is 44.1 Å². The van der Waals surface area contributed by atoms with Crippen LogP contribution in [0.4, 0.5) is 0 Å². The molecule has 0 spiro atoms. The molecular weight excluding hydrogens is 599 g/mol. The lowest BCUT2D eigenvalue weighted by atomic mass is 9.93. The molecule has 8 aromatic carbocycles. The van der Waals surface area contributed by atoms with Crippen LogP contribution in [0.3, 0.4) is 0 Å². The Hall–Kier alpha value is -6.58. The van der Waals surface area contributed by atoms with E-state index >= 15 is 0 Å². The Morgan fingerprint density at radius 1 is 0.327 bits per heavy atom. The maximum Gasteiger partial charge on any atom is 0.137 e. The largest absolute Gasteiger partial charge is 0.456 e. The molecule has 0 saturated carbocycles. The molecule has 3 heteroatoms. The third-order valence-electron chi connectivity index (χ3n) is 10.7. The molecule has 0 atom stereocenters. The van der Waals surface area contributed by atoms with E-state index in [0.717, 1.165) is 60.6 Å². The second-order valence-corrected chi connectivity index (χ2v) is 13.2. The fraction of sp³-hybridized carbons (Fsp3) is 0. The molecule has 1 aliphatic rings. The zero-order valence-electron chi connectivity index (χ0n) is 26.2. The van der Waals surface area contributed by atoms with Gasteiger partial charge in [-0.3, -0.25) is 0 Å². The average molecular weight is 624 g/mol. The van der Waals surface area contributed by atoms with E-state index in [4.69, 9.17) is 8.83 Å². The Morgan fingerprint density at radius 3 is 1.86 bits per heavy atom. The lowest BCUT2D eigenvalue weighted by Crippen LogP contribution is -1.93. The van der Waals surface area contributed by atoms with Crippen LogP contribution in [-0.2, 0) is 0 Å². The molecule has 0 aliphatic heterocycles. The van der Waals surface area contributed by atoms with E-state index in [2.05, 4.69) is 144 Å². The second kappa shape index (κ2) is 9.06. The predicted octanol–water partition coefficient (Wildman–Crippen LogP) is 13.1. The highest BCUT2D eigenvalue weighted by Crippen LogP contribution is 2.49. The molecule has 0 radical (unpaired) electrons. The molecule has 12 rings (SSSR count). The minimum atomic E-state index is 0.882. The SMILES string of the molecule is c1ccc2c(c1)-c1cccc3c(-c4ccc5oc6ccc(-n7c8ccccc8c8cc9c(cc87)oc7ccccc79)cc6c5c4)ccc-2c13. The zero-order chi connectivity index (χ0) is 31.8. The Balaban J connectivity index is 1.08. The summed E-state index contributed by atoms with van der Waals surface area (Å²) in [4.78, 5) is 0. The fourth-order valence-electron chi connectivity index (χ4n) is 8.60. The van der Waals surface area contributed by atoms with Crippen molar-refractivity contribution in [1.82, 2.24) is 4.57 Å². The Morgan fingerprint density at radius 2 is 0.959 bits per heavy atom. The molecule has 0 amide bonds. The lowest BCUT2D eigenvalue weighted by molar-refractivity contribution is 0.668. The second-order valence-electron chi connectivity index (χ2n) is 13.2. The van der Waals surface area contributed by atoms with E-state index in [0.29, 0.717) is 0 Å². The summed E-state index contributed by atoms with van der Waals surface area (Å²) in [6, 6.07) is 54.7. The molecule has 3 heterocycles. The fourth-order valence-corrected chi connectivity index (χ4v) is 8.60. The monoisotopic (exact) mass is 623 g/mol. The molecule has 3 aromatic heterocycles. The van der Waals surface area contributed by atoms with Crippen molar-refractivity contribution in [2.24, 2.45) is 0 Å². The number of para-hydroxylation sites is 2. The van der Waals surface area contributed by atoms with Gasteiger partial charge in [-0.1, -0.05) is 97.1 Å². The number of nitrogens with zero attached hydrogens (tertiary/aromatic N) is 1. The quantitative estimate of drug-likeness (QED) is 0.192. The topological polar surface area (TPSA) is 31.2 Å². The third kappa shape index (κ3) is 3.31. The maximum atomic E-state index is 6.44. The number of hydrogen-bond donors (Lipinski definition) is 0. The van der Waals surface area contributed by atoms with Crippen molar-refractivity contribution >= 4 is 76.5 Å². The van der Waals surface area contributed by atoms with Crippen LogP contribution in [0, 0.1) is 0 Å². The summed E-state index contributed by atoms with van der Waals surface area (Å²) in [7, 11) is 0. The first-order chi connectivity index (χ1) is 24.3. The van der Waals surface area contributed by atoms with Crippen LogP contribution in [0.2, 0.25) is 0 Å². The van der Waals surface area contributed by atoms with Crippen molar-refractivity contribution in [2.75, 3.05) is 0 Å². The highest BCUT2D eigenvalue weighted by molar-refractivity contribution is 6.20. The van der Waals surface area contributed by atoms with E-state index in [9.17, 15) is 0 Å². The summed E-state index contributed by atoms with van der Waals surface area (Å²) >= 11 is 0. The highest BCUT2D eigenvalue weighted by atomic mass is 16.3. The summed E-state index contributed by atoms with van der Waals surface area (Å²) in [5.41, 5.74) is 14.6. The normalized spacial score (nSPS) is 12.5. The molecule has 0 fully saturated rings. The highest BCUT2D eigenvalue weighted by Gasteiger charge is 2.23. The smallest absolute Gasteiger partial charge is 0.137 e. The first-order valence-corrected chi connectivity index (χ1v) is 16.8. The van der Waals surface area contributed by atoms with E-state index in [1.54, 1.807) is 0 Å². The molecule has 0 N–H and O–H groups in total. The number of hydrogen-bond acceptors (Lipinski definition) is 2. The molecule has 3 nitrogen and oxygen atoms in total. The van der Waals surface area contributed by atoms with Crippen molar-refractivity contribution < 1.29 is 8.83 Å². The van der Waals surface area contributed by atoms with Crippen LogP contribution >= 0.6 is 0 Å². The van der Waals surface area contributed by atoms with Gasteiger partial charge in [-0.15, -0.1) is 0 Å². The number of fused-ring (bicyclic) bond motifs is 12. The van der Waals surface area contributed by atoms with E-state index in [-0.39, 0.29) is 0 Å². The standard InChI is InChI=1S/C46H25NO2/c1-2-9-30-29(8-1)34-13-7-12-33-28(18-19-35(30)46(33)34)26-16-20-43-37(22-26)38-23-27(17-21-44(38)48-43)47-40-14-5-3-10-31(40)36-24-39-32-11-4-6-15-42(32)49-45(39)25-41(36)47/h1-25H. The van der Waals surface area contributed by atoms with Crippen LogP contribution in [0.1, 0.15) is 0 Å². The molecular formula is C46H25NO2. The maximum absolute atomic E-state index is 6.44. The van der Waals surface area contributed by atoms with E-state index < -0.39 is 0 Å². The molecule has 226 valence electrons. The number of aromatic nitrogens is 1. The van der Waals surface area contributed by atoms with Crippen LogP contribution in [0.5, 0.6) is 0 Å². The van der Waals surface area contributed by atoms with Gasteiger partial charge in [-0.05, 0) is 92.7 Å². The van der Waals surface area contributed by atoms with E-state index in [1.807, 2.05) is 12.1 Å². The van der Waals surface area contributed by atoms with Gasteiger partial charge in [0.25, 0.3) is 0 Å². The average Bonchev–Trinajstić information content (AvgIpc) is 3.89. The number of rotatable bonds is 2. The van der Waals surface area contributed by atoms with Crippen molar-refractivity contribution in [1.29, 1.82) is 0 Å². The van der Waals surface area contributed by atoms with Crippen molar-refractivity contribution in [3.8, 4) is 39.1 Å². The van der Waals surface area contributed by atoms with Gasteiger partial charge in [-0.2, -0.15) is 0 Å². The van der Waals surface area contributed by atoms with Gasteiger partial charge in [-0.25, -0.2) is 0 Å². The Kier molecular flexibility index (Phi) is 4.72. The van der Waals surface area contributed by atoms with Gasteiger partial charge < -0.3 is 13.4 Å². The van der Waals surface area contributed by atoms with Gasteiger partial charge in [0.1, 0.15) is 22.3 Å². The third-order valence-corrected chi connectivity index (χ3v) is 10.7. The van der Waals surface area contributed by atoms with Crippen molar-refractivity contribution in [2.45, 2.75) is 0 Å².